The lowest BCUT2D eigenvalue weighted by molar-refractivity contribution is -0.0567. The Morgan fingerprint density at radius 3 is 2.67 bits per heavy atom. The minimum atomic E-state index is -0.729. The van der Waals surface area contributed by atoms with Crippen molar-refractivity contribution in [2.75, 3.05) is 52.5 Å². The second-order valence-electron chi connectivity index (χ2n) is 7.40. The number of aliphatic imine (C=N–C) groups is 1. The van der Waals surface area contributed by atoms with Gasteiger partial charge in [-0.1, -0.05) is 23.7 Å². The zero-order chi connectivity index (χ0) is 19.1. The third kappa shape index (κ3) is 6.07. The minimum absolute atomic E-state index is 0.432. The highest BCUT2D eigenvalue weighted by Crippen LogP contribution is 2.21. The topological polar surface area (TPSA) is 60.3 Å². The zero-order valence-corrected chi connectivity index (χ0v) is 16.9. The molecule has 6 nitrogen and oxygen atoms in total. The first-order valence-electron chi connectivity index (χ1n) is 9.88. The van der Waals surface area contributed by atoms with E-state index < -0.39 is 5.60 Å². The van der Waals surface area contributed by atoms with Gasteiger partial charge in [-0.3, -0.25) is 9.89 Å². The number of halogens is 1. The van der Waals surface area contributed by atoms with Crippen LogP contribution in [0, 0.1) is 0 Å². The summed E-state index contributed by atoms with van der Waals surface area (Å²) >= 11 is 6.09. The Bertz CT molecular complexity index is 626. The molecule has 0 saturated carbocycles. The van der Waals surface area contributed by atoms with Crippen molar-refractivity contribution in [2.24, 2.45) is 4.99 Å². The average Bonchev–Trinajstić information content (AvgIpc) is 2.67. The van der Waals surface area contributed by atoms with Gasteiger partial charge in [0.1, 0.15) is 0 Å². The van der Waals surface area contributed by atoms with Gasteiger partial charge in [0.15, 0.2) is 5.96 Å². The van der Waals surface area contributed by atoms with Crippen molar-refractivity contribution in [3.05, 3.63) is 34.9 Å². The molecular weight excluding hydrogens is 364 g/mol. The summed E-state index contributed by atoms with van der Waals surface area (Å²) in [5, 5.41) is 14.8. The normalized spacial score (nSPS) is 21.3. The molecule has 7 heteroatoms. The van der Waals surface area contributed by atoms with Crippen LogP contribution in [0.3, 0.4) is 0 Å². The molecule has 0 atom stereocenters. The summed E-state index contributed by atoms with van der Waals surface area (Å²) < 4.78 is 5.36. The maximum atomic E-state index is 10.7. The van der Waals surface area contributed by atoms with Gasteiger partial charge in [0.25, 0.3) is 0 Å². The molecule has 3 rings (SSSR count). The second kappa shape index (κ2) is 9.73. The quantitative estimate of drug-likeness (QED) is 0.590. The van der Waals surface area contributed by atoms with E-state index in [2.05, 4.69) is 28.1 Å². The van der Waals surface area contributed by atoms with Gasteiger partial charge < -0.3 is 20.1 Å². The highest BCUT2D eigenvalue weighted by atomic mass is 35.5. The number of rotatable bonds is 5. The van der Waals surface area contributed by atoms with Crippen molar-refractivity contribution in [3.63, 3.8) is 0 Å². The molecule has 0 aromatic heterocycles. The van der Waals surface area contributed by atoms with E-state index in [-0.39, 0.29) is 0 Å². The van der Waals surface area contributed by atoms with E-state index in [1.165, 1.54) is 5.56 Å². The van der Waals surface area contributed by atoms with Crippen molar-refractivity contribution >= 4 is 17.6 Å². The lowest BCUT2D eigenvalue weighted by Gasteiger charge is -2.37. The van der Waals surface area contributed by atoms with Crippen molar-refractivity contribution in [1.82, 2.24) is 15.1 Å². The van der Waals surface area contributed by atoms with E-state index >= 15 is 0 Å². The molecular formula is C20H31ClN4O2. The molecule has 1 aromatic rings. The van der Waals surface area contributed by atoms with Crippen LogP contribution in [0.2, 0.25) is 5.02 Å². The number of piperazine rings is 1. The lowest BCUT2D eigenvalue weighted by Crippen LogP contribution is -2.52. The van der Waals surface area contributed by atoms with Gasteiger partial charge in [0, 0.05) is 70.3 Å². The number of benzene rings is 1. The fourth-order valence-corrected chi connectivity index (χ4v) is 3.78. The number of hydrogen-bond donors (Lipinski definition) is 2. The molecule has 0 bridgehead atoms. The smallest absolute Gasteiger partial charge is 0.194 e. The Kier molecular flexibility index (Phi) is 7.35. The Labute approximate surface area is 167 Å². The third-order valence-electron chi connectivity index (χ3n) is 5.25. The number of nitrogens with one attached hydrogen (secondary N) is 1. The first-order valence-corrected chi connectivity index (χ1v) is 10.3. The van der Waals surface area contributed by atoms with Gasteiger partial charge in [0.05, 0.1) is 12.1 Å². The van der Waals surface area contributed by atoms with E-state index in [0.29, 0.717) is 32.6 Å². The van der Waals surface area contributed by atoms with Gasteiger partial charge in [-0.05, 0) is 24.6 Å². The van der Waals surface area contributed by atoms with Gasteiger partial charge in [-0.2, -0.15) is 0 Å². The van der Waals surface area contributed by atoms with E-state index in [1.807, 2.05) is 18.2 Å². The van der Waals surface area contributed by atoms with Crippen LogP contribution in [-0.4, -0.2) is 78.9 Å². The van der Waals surface area contributed by atoms with Crippen LogP contribution >= 0.6 is 11.6 Å². The first kappa shape index (κ1) is 20.4. The number of nitrogens with zero attached hydrogens (tertiary/aromatic N) is 3. The molecule has 2 heterocycles. The zero-order valence-electron chi connectivity index (χ0n) is 16.2. The Morgan fingerprint density at radius 1 is 1.26 bits per heavy atom. The third-order valence-corrected chi connectivity index (χ3v) is 5.48. The summed E-state index contributed by atoms with van der Waals surface area (Å²) in [5.74, 6) is 0.903. The van der Waals surface area contributed by atoms with Crippen LogP contribution in [0.25, 0.3) is 0 Å². The number of ether oxygens (including phenoxy) is 1. The standard InChI is InChI=1S/C20H31ClN4O2/c1-2-22-19(23-16-20(26)6-12-27-13-7-20)25-10-8-24(9-11-25)15-17-4-3-5-18(21)14-17/h3-5,14,26H,2,6-13,15-16H2,1H3,(H,22,23). The predicted octanol–water partition coefficient (Wildman–Crippen LogP) is 1.96. The second-order valence-corrected chi connectivity index (χ2v) is 7.84. The van der Waals surface area contributed by atoms with Gasteiger partial charge in [-0.25, -0.2) is 0 Å². The van der Waals surface area contributed by atoms with Crippen LogP contribution in [-0.2, 0) is 11.3 Å². The molecule has 2 saturated heterocycles. The number of hydrogen-bond acceptors (Lipinski definition) is 4. The number of guanidine groups is 1. The number of aliphatic hydroxyl groups is 1. The van der Waals surface area contributed by atoms with Gasteiger partial charge in [0.2, 0.25) is 0 Å². The maximum Gasteiger partial charge on any atom is 0.194 e. The summed E-state index contributed by atoms with van der Waals surface area (Å²) in [6, 6.07) is 8.08. The Morgan fingerprint density at radius 2 is 2.00 bits per heavy atom. The van der Waals surface area contributed by atoms with Crippen molar-refractivity contribution in [1.29, 1.82) is 0 Å². The maximum absolute atomic E-state index is 10.7. The molecule has 0 amide bonds. The van der Waals surface area contributed by atoms with Gasteiger partial charge in [-0.15, -0.1) is 0 Å². The van der Waals surface area contributed by atoms with Crippen molar-refractivity contribution < 1.29 is 9.84 Å². The molecule has 0 spiro atoms. The minimum Gasteiger partial charge on any atom is -0.388 e. The monoisotopic (exact) mass is 394 g/mol. The summed E-state index contributed by atoms with van der Waals surface area (Å²) in [7, 11) is 0. The van der Waals surface area contributed by atoms with Crippen LogP contribution in [0.1, 0.15) is 25.3 Å². The van der Waals surface area contributed by atoms with Crippen LogP contribution in [0.5, 0.6) is 0 Å². The fourth-order valence-electron chi connectivity index (χ4n) is 3.57. The lowest BCUT2D eigenvalue weighted by atomic mass is 9.95. The Balaban J connectivity index is 1.54. The molecule has 1 aromatic carbocycles. The highest BCUT2D eigenvalue weighted by Gasteiger charge is 2.30. The van der Waals surface area contributed by atoms with Crippen LogP contribution in [0.4, 0.5) is 0 Å². The molecule has 0 unspecified atom stereocenters. The molecule has 2 aliphatic heterocycles. The molecule has 0 radical (unpaired) electrons. The molecule has 2 aliphatic rings. The van der Waals surface area contributed by atoms with Gasteiger partial charge >= 0.3 is 0 Å². The first-order chi connectivity index (χ1) is 13.1. The van der Waals surface area contributed by atoms with E-state index in [9.17, 15) is 5.11 Å². The van der Waals surface area contributed by atoms with E-state index in [0.717, 1.165) is 50.3 Å². The van der Waals surface area contributed by atoms with E-state index in [4.69, 9.17) is 21.3 Å². The molecule has 2 N–H and O–H groups in total. The molecule has 0 aliphatic carbocycles. The van der Waals surface area contributed by atoms with Crippen molar-refractivity contribution in [2.45, 2.75) is 31.9 Å². The predicted molar refractivity (Wildman–Crippen MR) is 109 cm³/mol. The SMILES string of the molecule is CCNC(=NCC1(O)CCOCC1)N1CCN(Cc2cccc(Cl)c2)CC1. The summed E-state index contributed by atoms with van der Waals surface area (Å²) in [4.78, 5) is 9.48. The molecule has 150 valence electrons. The van der Waals surface area contributed by atoms with Crippen LogP contribution < -0.4 is 5.32 Å². The molecule has 27 heavy (non-hydrogen) atoms. The summed E-state index contributed by atoms with van der Waals surface area (Å²) in [6.07, 6.45) is 1.31. The van der Waals surface area contributed by atoms with E-state index in [1.54, 1.807) is 0 Å². The molecule has 2 fully saturated rings. The van der Waals surface area contributed by atoms with Crippen LogP contribution in [0.15, 0.2) is 29.3 Å². The fraction of sp³-hybridized carbons (Fsp3) is 0.650. The Hall–Kier alpha value is -1.34. The highest BCUT2D eigenvalue weighted by molar-refractivity contribution is 6.30. The summed E-state index contributed by atoms with van der Waals surface area (Å²) in [5.41, 5.74) is 0.520. The largest absolute Gasteiger partial charge is 0.388 e. The summed E-state index contributed by atoms with van der Waals surface area (Å²) in [6.45, 7) is 9.29. The average molecular weight is 395 g/mol. The van der Waals surface area contributed by atoms with Crippen molar-refractivity contribution in [3.8, 4) is 0 Å².